The minimum atomic E-state index is -0.575. The van der Waals surface area contributed by atoms with Crippen LogP contribution < -0.4 is 4.74 Å². The minimum absolute atomic E-state index is 0.0360. The molecule has 0 spiro atoms. The first-order chi connectivity index (χ1) is 10.5. The van der Waals surface area contributed by atoms with Crippen molar-refractivity contribution in [2.75, 3.05) is 0 Å². The van der Waals surface area contributed by atoms with E-state index in [2.05, 4.69) is 31.9 Å². The highest BCUT2D eigenvalue weighted by atomic mass is 79.9. The van der Waals surface area contributed by atoms with Gasteiger partial charge in [-0.2, -0.15) is 0 Å². The van der Waals surface area contributed by atoms with Crippen LogP contribution >= 0.6 is 31.9 Å². The van der Waals surface area contributed by atoms with E-state index in [9.17, 15) is 14.9 Å². The normalized spacial score (nSPS) is 10.6. The lowest BCUT2D eigenvalue weighted by Crippen LogP contribution is -2.04. The van der Waals surface area contributed by atoms with E-state index in [1.807, 2.05) is 0 Å². The van der Waals surface area contributed by atoms with Crippen LogP contribution in [0.3, 0.4) is 0 Å². The molecule has 0 N–H and O–H groups in total. The van der Waals surface area contributed by atoms with E-state index in [1.165, 1.54) is 24.3 Å². The fourth-order valence-electron chi connectivity index (χ4n) is 1.61. The number of nitro benzene ring substituents is 1. The predicted octanol–water partition coefficient (Wildman–Crippen LogP) is 4.74. The molecule has 2 aromatic carbocycles. The van der Waals surface area contributed by atoms with Gasteiger partial charge in [-0.3, -0.25) is 10.1 Å². The molecule has 0 aliphatic carbocycles. The second-order valence-corrected chi connectivity index (χ2v) is 5.95. The Morgan fingerprint density at radius 1 is 1.18 bits per heavy atom. The number of non-ortho nitro benzene ring substituents is 1. The van der Waals surface area contributed by atoms with Crippen molar-refractivity contribution in [2.24, 2.45) is 0 Å². The van der Waals surface area contributed by atoms with Crippen LogP contribution in [-0.2, 0) is 4.79 Å². The van der Waals surface area contributed by atoms with Gasteiger partial charge in [-0.1, -0.05) is 28.1 Å². The van der Waals surface area contributed by atoms with Crippen molar-refractivity contribution in [3.8, 4) is 5.75 Å². The highest BCUT2D eigenvalue weighted by Crippen LogP contribution is 2.28. The van der Waals surface area contributed by atoms with Crippen molar-refractivity contribution < 1.29 is 14.5 Å². The summed E-state index contributed by atoms with van der Waals surface area (Å²) >= 11 is 6.59. The number of halogens is 2. The Bertz CT molecular complexity index is 759. The van der Waals surface area contributed by atoms with Gasteiger partial charge in [0.2, 0.25) is 0 Å². The Balaban J connectivity index is 2.08. The zero-order valence-electron chi connectivity index (χ0n) is 11.0. The first-order valence-corrected chi connectivity index (χ1v) is 7.64. The molecule has 0 bridgehead atoms. The average Bonchev–Trinajstić information content (AvgIpc) is 2.48. The van der Waals surface area contributed by atoms with Gasteiger partial charge in [0.1, 0.15) is 5.75 Å². The van der Waals surface area contributed by atoms with E-state index < -0.39 is 10.9 Å². The summed E-state index contributed by atoms with van der Waals surface area (Å²) in [7, 11) is 0. The molecule has 112 valence electrons. The van der Waals surface area contributed by atoms with Gasteiger partial charge < -0.3 is 4.74 Å². The molecular formula is C15H9Br2NO4. The summed E-state index contributed by atoms with van der Waals surface area (Å²) < 4.78 is 6.66. The Hall–Kier alpha value is -1.99. The number of carbonyl (C=O) groups excluding carboxylic acids is 1. The van der Waals surface area contributed by atoms with Gasteiger partial charge >= 0.3 is 5.97 Å². The SMILES string of the molecule is O=C(C=Cc1cccc([N+](=O)[O-])c1)Oc1ccc(Br)cc1Br. The number of esters is 1. The number of nitrogens with zero attached hydrogens (tertiary/aromatic N) is 1. The van der Waals surface area contributed by atoms with Crippen molar-refractivity contribution in [3.63, 3.8) is 0 Å². The van der Waals surface area contributed by atoms with Gasteiger partial charge in [-0.15, -0.1) is 0 Å². The summed E-state index contributed by atoms with van der Waals surface area (Å²) in [4.78, 5) is 22.0. The van der Waals surface area contributed by atoms with Crippen LogP contribution in [-0.4, -0.2) is 10.9 Å². The third-order valence-electron chi connectivity index (χ3n) is 2.60. The van der Waals surface area contributed by atoms with Crippen LogP contribution in [0.15, 0.2) is 57.5 Å². The molecule has 0 amide bonds. The van der Waals surface area contributed by atoms with Gasteiger partial charge in [0.05, 0.1) is 9.40 Å². The van der Waals surface area contributed by atoms with Crippen LogP contribution in [0.5, 0.6) is 5.75 Å². The standard InChI is InChI=1S/C15H9Br2NO4/c16-11-5-6-14(13(17)9-11)22-15(19)7-4-10-2-1-3-12(8-10)18(20)21/h1-9H. The molecule has 0 atom stereocenters. The Labute approximate surface area is 143 Å². The number of ether oxygens (including phenoxy) is 1. The van der Waals surface area contributed by atoms with Crippen LogP contribution in [0, 0.1) is 10.1 Å². The lowest BCUT2D eigenvalue weighted by molar-refractivity contribution is -0.384. The van der Waals surface area contributed by atoms with E-state index in [0.717, 1.165) is 4.47 Å². The van der Waals surface area contributed by atoms with Crippen molar-refractivity contribution >= 4 is 49.6 Å². The maximum Gasteiger partial charge on any atom is 0.336 e. The molecular weight excluding hydrogens is 418 g/mol. The summed E-state index contributed by atoms with van der Waals surface area (Å²) in [5.74, 6) is -0.188. The molecule has 0 saturated carbocycles. The Morgan fingerprint density at radius 2 is 1.95 bits per heavy atom. The Kier molecular flexibility index (Phi) is 5.46. The van der Waals surface area contributed by atoms with Crippen LogP contribution in [0.4, 0.5) is 5.69 Å². The second kappa shape index (κ2) is 7.33. The molecule has 0 saturated heterocycles. The summed E-state index contributed by atoms with van der Waals surface area (Å²) in [5.41, 5.74) is 0.507. The topological polar surface area (TPSA) is 69.4 Å². The molecule has 0 aliphatic heterocycles. The number of nitro groups is 1. The fourth-order valence-corrected chi connectivity index (χ4v) is 2.73. The second-order valence-electron chi connectivity index (χ2n) is 4.18. The van der Waals surface area contributed by atoms with Crippen molar-refractivity contribution in [3.05, 3.63) is 73.2 Å². The van der Waals surface area contributed by atoms with Gasteiger partial charge in [0, 0.05) is 22.7 Å². The van der Waals surface area contributed by atoms with Gasteiger partial charge in [0.25, 0.3) is 5.69 Å². The lowest BCUT2D eigenvalue weighted by Gasteiger charge is -2.04. The molecule has 0 aromatic heterocycles. The maximum absolute atomic E-state index is 11.8. The van der Waals surface area contributed by atoms with Crippen LogP contribution in [0.2, 0.25) is 0 Å². The summed E-state index contributed by atoms with van der Waals surface area (Å²) in [6.45, 7) is 0. The molecule has 2 rings (SSSR count). The molecule has 0 heterocycles. The zero-order chi connectivity index (χ0) is 16.1. The van der Waals surface area contributed by atoms with E-state index in [4.69, 9.17) is 4.74 Å². The third-order valence-corrected chi connectivity index (χ3v) is 3.71. The molecule has 0 radical (unpaired) electrons. The smallest absolute Gasteiger partial charge is 0.336 e. The Morgan fingerprint density at radius 3 is 2.64 bits per heavy atom. The third kappa shape index (κ3) is 4.51. The van der Waals surface area contributed by atoms with E-state index in [1.54, 1.807) is 30.3 Å². The molecule has 0 fully saturated rings. The summed E-state index contributed by atoms with van der Waals surface area (Å²) in [6, 6.07) is 11.1. The van der Waals surface area contributed by atoms with E-state index in [-0.39, 0.29) is 5.69 Å². The van der Waals surface area contributed by atoms with Crippen molar-refractivity contribution in [1.82, 2.24) is 0 Å². The highest BCUT2D eigenvalue weighted by Gasteiger charge is 2.07. The zero-order valence-corrected chi connectivity index (χ0v) is 14.2. The van der Waals surface area contributed by atoms with Crippen molar-refractivity contribution in [1.29, 1.82) is 0 Å². The molecule has 2 aromatic rings. The molecule has 5 nitrogen and oxygen atoms in total. The average molecular weight is 427 g/mol. The monoisotopic (exact) mass is 425 g/mol. The first kappa shape index (κ1) is 16.4. The molecule has 7 heteroatoms. The van der Waals surface area contributed by atoms with Crippen LogP contribution in [0.1, 0.15) is 5.56 Å². The lowest BCUT2D eigenvalue weighted by atomic mass is 10.2. The predicted molar refractivity (Wildman–Crippen MR) is 89.6 cm³/mol. The van der Waals surface area contributed by atoms with Crippen molar-refractivity contribution in [2.45, 2.75) is 0 Å². The number of benzene rings is 2. The van der Waals surface area contributed by atoms with Gasteiger partial charge in [-0.25, -0.2) is 4.79 Å². The number of carbonyl (C=O) groups is 1. The molecule has 0 unspecified atom stereocenters. The largest absolute Gasteiger partial charge is 0.422 e. The van der Waals surface area contributed by atoms with Gasteiger partial charge in [0.15, 0.2) is 0 Å². The fraction of sp³-hybridized carbons (Fsp3) is 0. The molecule has 0 aliphatic rings. The van der Waals surface area contributed by atoms with Gasteiger partial charge in [-0.05, 0) is 45.8 Å². The van der Waals surface area contributed by atoms with E-state index >= 15 is 0 Å². The number of hydrogen-bond acceptors (Lipinski definition) is 4. The first-order valence-electron chi connectivity index (χ1n) is 6.05. The molecule has 22 heavy (non-hydrogen) atoms. The highest BCUT2D eigenvalue weighted by molar-refractivity contribution is 9.11. The summed E-state index contributed by atoms with van der Waals surface area (Å²) in [6.07, 6.45) is 2.68. The summed E-state index contributed by atoms with van der Waals surface area (Å²) in [5, 5.41) is 10.7. The number of rotatable bonds is 4. The number of hydrogen-bond donors (Lipinski definition) is 0. The quantitative estimate of drug-likeness (QED) is 0.233. The van der Waals surface area contributed by atoms with E-state index in [0.29, 0.717) is 15.8 Å². The minimum Gasteiger partial charge on any atom is -0.422 e. The maximum atomic E-state index is 11.8. The van der Waals surface area contributed by atoms with Crippen LogP contribution in [0.25, 0.3) is 6.08 Å².